The maximum Gasteiger partial charge on any atom is 0.342 e. The number of urea groups is 2. The standard InChI is InChI=1S/C25H27N3O.C24H31N3O/c1-2-3-5-16-24-22(20-11-6-4-7-12-20)18-28(27-24)25(29)26-23-17-10-14-19-13-8-9-15-21(19)23;1-4-5-8-17-22-21(19-13-9-6-10-14-19)18-27(26-22)23(28)25-24(2,3)20-15-11-7-12-16-20/h4,6-15,17,22H,2-3,5,16,18H2,1H3,(H,26,29);6-7,9-16,21H,4-5,8,17-18H2,1-3H3,(H,25,28). The minimum atomic E-state index is -0.457. The number of nitrogens with one attached hydrogen (secondary N) is 2. The van der Waals surface area contributed by atoms with Gasteiger partial charge in [0.2, 0.25) is 0 Å². The molecule has 5 aromatic carbocycles. The van der Waals surface area contributed by atoms with Crippen molar-refractivity contribution in [3.8, 4) is 0 Å². The zero-order valence-corrected chi connectivity index (χ0v) is 34.0. The van der Waals surface area contributed by atoms with Crippen LogP contribution < -0.4 is 10.6 Å². The van der Waals surface area contributed by atoms with Crippen LogP contribution in [0.1, 0.15) is 108 Å². The molecule has 2 atom stereocenters. The first kappa shape index (κ1) is 40.9. The highest BCUT2D eigenvalue weighted by atomic mass is 16.2. The maximum atomic E-state index is 13.0. The van der Waals surface area contributed by atoms with Crippen molar-refractivity contribution in [3.63, 3.8) is 0 Å². The Labute approximate surface area is 339 Å². The maximum absolute atomic E-state index is 13.0. The summed E-state index contributed by atoms with van der Waals surface area (Å²) in [5.41, 5.74) is 6.12. The van der Waals surface area contributed by atoms with Gasteiger partial charge in [-0.15, -0.1) is 0 Å². The van der Waals surface area contributed by atoms with E-state index in [1.807, 2.05) is 86.6 Å². The van der Waals surface area contributed by atoms with Gasteiger partial charge in [-0.2, -0.15) is 10.2 Å². The third-order valence-corrected chi connectivity index (χ3v) is 10.9. The Morgan fingerprint density at radius 2 is 1.07 bits per heavy atom. The molecule has 0 aromatic heterocycles. The molecular weight excluding hydrogens is 705 g/mol. The summed E-state index contributed by atoms with van der Waals surface area (Å²) in [6, 6.07) is 44.6. The van der Waals surface area contributed by atoms with Crippen LogP contribution >= 0.6 is 0 Å². The molecule has 0 spiro atoms. The molecule has 0 radical (unpaired) electrons. The lowest BCUT2D eigenvalue weighted by molar-refractivity contribution is 0.192. The normalized spacial score (nSPS) is 16.4. The summed E-state index contributed by atoms with van der Waals surface area (Å²) in [6.07, 6.45) is 8.83. The number of hydrogen-bond acceptors (Lipinski definition) is 4. The molecule has 4 amide bonds. The summed E-state index contributed by atoms with van der Waals surface area (Å²) in [4.78, 5) is 26.0. The summed E-state index contributed by atoms with van der Waals surface area (Å²) in [5.74, 6) is 0.356. The second-order valence-corrected chi connectivity index (χ2v) is 15.6. The lowest BCUT2D eigenvalue weighted by Gasteiger charge is -2.28. The Balaban J connectivity index is 0.000000193. The molecule has 0 bridgehead atoms. The van der Waals surface area contributed by atoms with E-state index < -0.39 is 5.54 Å². The number of carbonyl (C=O) groups excluding carboxylic acids is 2. The van der Waals surface area contributed by atoms with Crippen molar-refractivity contribution < 1.29 is 9.59 Å². The smallest absolute Gasteiger partial charge is 0.328 e. The van der Waals surface area contributed by atoms with Crippen LogP contribution in [0.25, 0.3) is 10.8 Å². The van der Waals surface area contributed by atoms with Crippen molar-refractivity contribution in [1.29, 1.82) is 0 Å². The second kappa shape index (κ2) is 19.9. The van der Waals surface area contributed by atoms with E-state index in [-0.39, 0.29) is 23.9 Å². The minimum absolute atomic E-state index is 0.139. The number of fused-ring (bicyclic) bond motifs is 1. The van der Waals surface area contributed by atoms with Crippen molar-refractivity contribution in [1.82, 2.24) is 15.3 Å². The molecule has 57 heavy (non-hydrogen) atoms. The fraction of sp³-hybridized carbons (Fsp3) is 0.347. The topological polar surface area (TPSA) is 89.4 Å². The van der Waals surface area contributed by atoms with Crippen LogP contribution in [0.2, 0.25) is 0 Å². The molecular formula is C49H58N6O2. The van der Waals surface area contributed by atoms with Gasteiger partial charge in [0.05, 0.1) is 24.3 Å². The van der Waals surface area contributed by atoms with Crippen LogP contribution in [0, 0.1) is 0 Å². The monoisotopic (exact) mass is 762 g/mol. The van der Waals surface area contributed by atoms with E-state index in [1.165, 1.54) is 36.8 Å². The van der Waals surface area contributed by atoms with Crippen LogP contribution in [0.3, 0.4) is 0 Å². The molecule has 8 heteroatoms. The average Bonchev–Trinajstić information content (AvgIpc) is 3.88. The van der Waals surface area contributed by atoms with Crippen LogP contribution in [0.15, 0.2) is 144 Å². The van der Waals surface area contributed by atoms with Crippen molar-refractivity contribution in [2.24, 2.45) is 10.2 Å². The van der Waals surface area contributed by atoms with E-state index >= 15 is 0 Å². The third-order valence-electron chi connectivity index (χ3n) is 10.9. The molecule has 2 aliphatic heterocycles. The van der Waals surface area contributed by atoms with Crippen LogP contribution in [0.4, 0.5) is 15.3 Å². The van der Waals surface area contributed by atoms with Gasteiger partial charge < -0.3 is 10.6 Å². The Morgan fingerprint density at radius 3 is 1.61 bits per heavy atom. The summed E-state index contributed by atoms with van der Waals surface area (Å²) >= 11 is 0. The summed E-state index contributed by atoms with van der Waals surface area (Å²) in [6.45, 7) is 9.64. The number of nitrogens with zero attached hydrogens (tertiary/aromatic N) is 4. The van der Waals surface area contributed by atoms with Crippen molar-refractivity contribution in [2.45, 2.75) is 96.4 Å². The molecule has 0 fully saturated rings. The number of unbranched alkanes of at least 4 members (excludes halogenated alkanes) is 4. The van der Waals surface area contributed by atoms with Gasteiger partial charge in [0.1, 0.15) is 0 Å². The lowest BCUT2D eigenvalue weighted by atomic mass is 9.92. The Morgan fingerprint density at radius 1 is 0.596 bits per heavy atom. The molecule has 2 unspecified atom stereocenters. The summed E-state index contributed by atoms with van der Waals surface area (Å²) in [5, 5.41) is 21.0. The predicted octanol–water partition coefficient (Wildman–Crippen LogP) is 12.1. The number of anilines is 1. The fourth-order valence-corrected chi connectivity index (χ4v) is 7.64. The molecule has 7 rings (SSSR count). The van der Waals surface area contributed by atoms with Crippen molar-refractivity contribution >= 4 is 39.9 Å². The van der Waals surface area contributed by atoms with Gasteiger partial charge in [-0.05, 0) is 67.7 Å². The molecule has 2 N–H and O–H groups in total. The zero-order chi connectivity index (χ0) is 40.0. The molecule has 8 nitrogen and oxygen atoms in total. The molecule has 0 aliphatic carbocycles. The van der Waals surface area contributed by atoms with Crippen LogP contribution in [-0.4, -0.2) is 46.6 Å². The first-order valence-electron chi connectivity index (χ1n) is 20.7. The first-order chi connectivity index (χ1) is 27.8. The highest BCUT2D eigenvalue weighted by Crippen LogP contribution is 2.31. The fourth-order valence-electron chi connectivity index (χ4n) is 7.64. The van der Waals surface area contributed by atoms with E-state index in [0.717, 1.165) is 59.1 Å². The molecule has 2 heterocycles. The number of benzene rings is 5. The van der Waals surface area contributed by atoms with Gasteiger partial charge >= 0.3 is 12.1 Å². The van der Waals surface area contributed by atoms with Crippen molar-refractivity contribution in [2.75, 3.05) is 18.4 Å². The van der Waals surface area contributed by atoms with Crippen LogP contribution in [0.5, 0.6) is 0 Å². The molecule has 2 aliphatic rings. The van der Waals surface area contributed by atoms with E-state index in [0.29, 0.717) is 13.1 Å². The first-order valence-corrected chi connectivity index (χ1v) is 20.7. The zero-order valence-electron chi connectivity index (χ0n) is 34.0. The Kier molecular flexibility index (Phi) is 14.3. The van der Waals surface area contributed by atoms with Crippen molar-refractivity contribution in [3.05, 3.63) is 150 Å². The Bertz CT molecular complexity index is 2110. The van der Waals surface area contributed by atoms with Gasteiger partial charge in [-0.1, -0.05) is 167 Å². The van der Waals surface area contributed by atoms with Crippen LogP contribution in [-0.2, 0) is 5.54 Å². The Hall–Kier alpha value is -5.76. The van der Waals surface area contributed by atoms with Gasteiger partial charge in [-0.3, -0.25) is 0 Å². The molecule has 296 valence electrons. The summed E-state index contributed by atoms with van der Waals surface area (Å²) in [7, 11) is 0. The number of hydrazone groups is 2. The van der Waals surface area contributed by atoms with E-state index in [4.69, 9.17) is 10.2 Å². The second-order valence-electron chi connectivity index (χ2n) is 15.6. The van der Waals surface area contributed by atoms with E-state index in [9.17, 15) is 9.59 Å². The summed E-state index contributed by atoms with van der Waals surface area (Å²) < 4.78 is 0. The number of amides is 4. The SMILES string of the molecule is CCCCCC1=NN(C(=O)NC(C)(C)c2ccccc2)CC1c1ccccc1.CCCCCC1=NN(C(=O)Nc2cccc3ccccc23)CC1c1ccccc1. The van der Waals surface area contributed by atoms with E-state index in [2.05, 4.69) is 85.1 Å². The quantitative estimate of drug-likeness (QED) is 0.117. The van der Waals surface area contributed by atoms with Gasteiger partial charge in [-0.25, -0.2) is 19.6 Å². The molecule has 0 saturated heterocycles. The van der Waals surface area contributed by atoms with E-state index in [1.54, 1.807) is 10.0 Å². The molecule has 0 saturated carbocycles. The largest absolute Gasteiger partial charge is 0.342 e. The molecule has 5 aromatic rings. The number of hydrogen-bond donors (Lipinski definition) is 2. The third kappa shape index (κ3) is 10.8. The highest BCUT2D eigenvalue weighted by Gasteiger charge is 2.34. The van der Waals surface area contributed by atoms with Gasteiger partial charge in [0, 0.05) is 28.6 Å². The number of carbonyl (C=O) groups is 2. The predicted molar refractivity (Wildman–Crippen MR) is 236 cm³/mol. The number of rotatable bonds is 13. The highest BCUT2D eigenvalue weighted by molar-refractivity contribution is 6.03. The van der Waals surface area contributed by atoms with Gasteiger partial charge in [0.25, 0.3) is 0 Å². The lowest BCUT2D eigenvalue weighted by Crippen LogP contribution is -2.46. The average molecular weight is 763 g/mol. The minimum Gasteiger partial charge on any atom is -0.328 e. The van der Waals surface area contributed by atoms with Gasteiger partial charge in [0.15, 0.2) is 0 Å².